The van der Waals surface area contributed by atoms with E-state index in [0.29, 0.717) is 17.9 Å². The Morgan fingerprint density at radius 2 is 1.65 bits per heavy atom. The molecule has 0 aliphatic carbocycles. The van der Waals surface area contributed by atoms with Crippen LogP contribution in [-0.4, -0.2) is 27.4 Å². The number of ether oxygens (including phenoxy) is 1. The van der Waals surface area contributed by atoms with Crippen molar-refractivity contribution in [3.63, 3.8) is 0 Å². The summed E-state index contributed by atoms with van der Waals surface area (Å²) in [6.45, 7) is 0.440. The number of likely N-dealkylation sites (tertiary alicyclic amines) is 1. The smallest absolute Gasteiger partial charge is 0.291 e. The second kappa shape index (κ2) is 10.5. The zero-order valence-electron chi connectivity index (χ0n) is 19.8. The summed E-state index contributed by atoms with van der Waals surface area (Å²) in [6, 6.07) is 24.4. The Hall–Kier alpha value is -4.65. The molecule has 4 aromatic rings. The van der Waals surface area contributed by atoms with Gasteiger partial charge in [-0.2, -0.15) is 0 Å². The summed E-state index contributed by atoms with van der Waals surface area (Å²) in [5.74, 6) is -3.30. The number of rotatable bonds is 8. The third kappa shape index (κ3) is 5.16. The summed E-state index contributed by atoms with van der Waals surface area (Å²) in [7, 11) is 0. The second-order valence-electron chi connectivity index (χ2n) is 8.80. The fraction of sp³-hybridized carbons (Fsp3) is 0.133. The molecule has 2 heterocycles. The summed E-state index contributed by atoms with van der Waals surface area (Å²) in [6.07, 6.45) is 3.23. The molecular weight excluding hydrogens is 471 g/mol. The van der Waals surface area contributed by atoms with Crippen LogP contribution in [0.2, 0.25) is 0 Å². The standard InChI is InChI=1S/C30H23FN2O4/c31-24-13-11-22(12-14-24)28(34)26-27(33(30(36)29(26)35)18-21-8-5-15-32-17-21)23-9-4-10-25(16-23)37-19-20-6-2-1-3-7-20/h1-17,26-27H,18-19H2. The van der Waals surface area contributed by atoms with Crippen molar-refractivity contribution in [2.24, 2.45) is 5.92 Å². The van der Waals surface area contributed by atoms with Gasteiger partial charge in [-0.25, -0.2) is 4.39 Å². The van der Waals surface area contributed by atoms with Gasteiger partial charge in [-0.05, 0) is 59.2 Å². The maximum atomic E-state index is 13.5. The lowest BCUT2D eigenvalue weighted by Crippen LogP contribution is -2.30. The molecule has 0 saturated carbocycles. The average Bonchev–Trinajstić information content (AvgIpc) is 3.18. The lowest BCUT2D eigenvalue weighted by Gasteiger charge is -2.27. The van der Waals surface area contributed by atoms with Crippen molar-refractivity contribution in [1.82, 2.24) is 9.88 Å². The summed E-state index contributed by atoms with van der Waals surface area (Å²) < 4.78 is 19.5. The van der Waals surface area contributed by atoms with E-state index < -0.39 is 35.3 Å². The zero-order valence-corrected chi connectivity index (χ0v) is 19.8. The molecule has 6 nitrogen and oxygen atoms in total. The van der Waals surface area contributed by atoms with Crippen LogP contribution in [0.3, 0.4) is 0 Å². The number of aromatic nitrogens is 1. The lowest BCUT2D eigenvalue weighted by atomic mass is 9.86. The van der Waals surface area contributed by atoms with Crippen molar-refractivity contribution in [3.8, 4) is 5.75 Å². The quantitative estimate of drug-likeness (QED) is 0.197. The molecule has 1 amide bonds. The van der Waals surface area contributed by atoms with Crippen LogP contribution < -0.4 is 4.74 Å². The molecule has 2 unspecified atom stereocenters. The van der Waals surface area contributed by atoms with Gasteiger partial charge in [0.05, 0.1) is 6.04 Å². The average molecular weight is 495 g/mol. The van der Waals surface area contributed by atoms with Gasteiger partial charge in [-0.1, -0.05) is 48.5 Å². The summed E-state index contributed by atoms with van der Waals surface area (Å²) in [5, 5.41) is 0. The monoisotopic (exact) mass is 494 g/mol. The minimum absolute atomic E-state index is 0.103. The van der Waals surface area contributed by atoms with Crippen molar-refractivity contribution in [2.75, 3.05) is 0 Å². The van der Waals surface area contributed by atoms with Crippen molar-refractivity contribution in [3.05, 3.63) is 131 Å². The normalized spacial score (nSPS) is 17.2. The van der Waals surface area contributed by atoms with E-state index in [1.54, 1.807) is 48.8 Å². The molecule has 1 saturated heterocycles. The molecule has 0 spiro atoms. The first-order chi connectivity index (χ1) is 18.0. The van der Waals surface area contributed by atoms with Crippen molar-refractivity contribution >= 4 is 17.5 Å². The van der Waals surface area contributed by atoms with Gasteiger partial charge in [-0.3, -0.25) is 19.4 Å². The third-order valence-corrected chi connectivity index (χ3v) is 6.34. The predicted molar refractivity (Wildman–Crippen MR) is 134 cm³/mol. The Labute approximate surface area is 213 Å². The number of pyridine rings is 1. The van der Waals surface area contributed by atoms with Crippen LogP contribution in [0.1, 0.15) is 33.1 Å². The van der Waals surface area contributed by atoms with Crippen LogP contribution in [0.5, 0.6) is 5.75 Å². The Bertz CT molecular complexity index is 1430. The Morgan fingerprint density at radius 1 is 0.892 bits per heavy atom. The fourth-order valence-electron chi connectivity index (χ4n) is 4.54. The molecule has 7 heteroatoms. The van der Waals surface area contributed by atoms with Gasteiger partial charge in [0.15, 0.2) is 5.78 Å². The van der Waals surface area contributed by atoms with Crippen LogP contribution in [0, 0.1) is 11.7 Å². The number of halogens is 1. The highest BCUT2D eigenvalue weighted by Gasteiger charge is 2.51. The molecule has 0 N–H and O–H groups in total. The Kier molecular flexibility index (Phi) is 6.85. The first-order valence-electron chi connectivity index (χ1n) is 11.8. The fourth-order valence-corrected chi connectivity index (χ4v) is 4.54. The van der Waals surface area contributed by atoms with Gasteiger partial charge >= 0.3 is 0 Å². The van der Waals surface area contributed by atoms with E-state index in [1.807, 2.05) is 30.3 Å². The molecule has 0 radical (unpaired) electrons. The SMILES string of the molecule is O=C1C(=O)N(Cc2cccnc2)C(c2cccc(OCc3ccccc3)c2)C1C(=O)c1ccc(F)cc1. The van der Waals surface area contributed by atoms with E-state index in [0.717, 1.165) is 23.3 Å². The molecule has 1 aliphatic rings. The summed E-state index contributed by atoms with van der Waals surface area (Å²) in [5.41, 5.74) is 2.47. The summed E-state index contributed by atoms with van der Waals surface area (Å²) >= 11 is 0. The predicted octanol–water partition coefficient (Wildman–Crippen LogP) is 4.95. The van der Waals surface area contributed by atoms with E-state index >= 15 is 0 Å². The lowest BCUT2D eigenvalue weighted by molar-refractivity contribution is -0.141. The molecular formula is C30H23FN2O4. The maximum absolute atomic E-state index is 13.5. The molecule has 1 aliphatic heterocycles. The number of ketones is 2. The molecule has 1 aromatic heterocycles. The van der Waals surface area contributed by atoms with Crippen molar-refractivity contribution < 1.29 is 23.5 Å². The third-order valence-electron chi connectivity index (χ3n) is 6.34. The van der Waals surface area contributed by atoms with Gasteiger partial charge in [0, 0.05) is 24.5 Å². The Morgan fingerprint density at radius 3 is 2.38 bits per heavy atom. The molecule has 2 atom stereocenters. The minimum atomic E-state index is -1.28. The van der Waals surface area contributed by atoms with E-state index in [4.69, 9.17) is 4.74 Å². The number of Topliss-reactive ketones (excluding diaryl/α,β-unsaturated/α-hetero) is 2. The highest BCUT2D eigenvalue weighted by molar-refractivity contribution is 6.44. The van der Waals surface area contributed by atoms with Crippen LogP contribution in [0.15, 0.2) is 103 Å². The van der Waals surface area contributed by atoms with E-state index in [1.165, 1.54) is 17.0 Å². The first kappa shape index (κ1) is 24.1. The number of nitrogens with zero attached hydrogens (tertiary/aromatic N) is 2. The highest BCUT2D eigenvalue weighted by atomic mass is 19.1. The van der Waals surface area contributed by atoms with Crippen LogP contribution >= 0.6 is 0 Å². The van der Waals surface area contributed by atoms with E-state index in [9.17, 15) is 18.8 Å². The number of benzene rings is 3. The Balaban J connectivity index is 1.51. The van der Waals surface area contributed by atoms with Crippen LogP contribution in [0.25, 0.3) is 0 Å². The topological polar surface area (TPSA) is 76.6 Å². The van der Waals surface area contributed by atoms with Crippen LogP contribution in [-0.2, 0) is 22.7 Å². The summed E-state index contributed by atoms with van der Waals surface area (Å²) in [4.78, 5) is 45.5. The number of hydrogen-bond donors (Lipinski definition) is 0. The van der Waals surface area contributed by atoms with Gasteiger partial charge in [-0.15, -0.1) is 0 Å². The highest BCUT2D eigenvalue weighted by Crippen LogP contribution is 2.40. The number of carbonyl (C=O) groups is 3. The number of carbonyl (C=O) groups excluding carboxylic acids is 3. The van der Waals surface area contributed by atoms with Gasteiger partial charge < -0.3 is 9.64 Å². The number of amides is 1. The molecule has 37 heavy (non-hydrogen) atoms. The molecule has 5 rings (SSSR count). The molecule has 0 bridgehead atoms. The number of hydrogen-bond acceptors (Lipinski definition) is 5. The van der Waals surface area contributed by atoms with Crippen LogP contribution in [0.4, 0.5) is 4.39 Å². The molecule has 184 valence electrons. The maximum Gasteiger partial charge on any atom is 0.291 e. The first-order valence-corrected chi connectivity index (χ1v) is 11.8. The van der Waals surface area contributed by atoms with E-state index in [-0.39, 0.29) is 12.1 Å². The minimum Gasteiger partial charge on any atom is -0.489 e. The van der Waals surface area contributed by atoms with Crippen molar-refractivity contribution in [1.29, 1.82) is 0 Å². The second-order valence-corrected chi connectivity index (χ2v) is 8.80. The molecule has 1 fully saturated rings. The van der Waals surface area contributed by atoms with Gasteiger partial charge in [0.2, 0.25) is 5.78 Å². The zero-order chi connectivity index (χ0) is 25.8. The van der Waals surface area contributed by atoms with Gasteiger partial charge in [0.25, 0.3) is 5.91 Å². The largest absolute Gasteiger partial charge is 0.489 e. The van der Waals surface area contributed by atoms with E-state index in [2.05, 4.69) is 4.98 Å². The van der Waals surface area contributed by atoms with Gasteiger partial charge in [0.1, 0.15) is 24.1 Å². The van der Waals surface area contributed by atoms with Crippen molar-refractivity contribution in [2.45, 2.75) is 19.2 Å². The molecule has 3 aromatic carbocycles.